The lowest BCUT2D eigenvalue weighted by atomic mass is 10.1. The number of nitrogens with two attached hydrogens (primary N) is 1. The van der Waals surface area contributed by atoms with Crippen LogP contribution in [0.4, 0.5) is 24.5 Å². The quantitative estimate of drug-likeness (QED) is 0.663. The van der Waals surface area contributed by atoms with Crippen molar-refractivity contribution in [3.8, 4) is 0 Å². The first kappa shape index (κ1) is 13.5. The monoisotopic (exact) mass is 270 g/mol. The van der Waals surface area contributed by atoms with E-state index in [0.29, 0.717) is 6.54 Å². The molecule has 1 aromatic rings. The molecule has 1 heterocycles. The summed E-state index contributed by atoms with van der Waals surface area (Å²) in [7, 11) is 0. The van der Waals surface area contributed by atoms with Crippen molar-refractivity contribution in [2.24, 2.45) is 5.92 Å². The zero-order chi connectivity index (χ0) is 14.2. The Labute approximate surface area is 108 Å². The third-order valence-electron chi connectivity index (χ3n) is 3.14. The Hall–Kier alpha value is -1.98. The van der Waals surface area contributed by atoms with E-state index in [2.05, 4.69) is 6.58 Å². The van der Waals surface area contributed by atoms with Crippen LogP contribution in [0, 0.1) is 5.92 Å². The van der Waals surface area contributed by atoms with E-state index in [1.807, 2.05) is 0 Å². The molecule has 1 unspecified atom stereocenters. The smallest absolute Gasteiger partial charge is 0.397 e. The molecule has 1 aromatic carbocycles. The molecule has 1 fully saturated rings. The fourth-order valence-corrected chi connectivity index (χ4v) is 2.08. The lowest BCUT2D eigenvalue weighted by Gasteiger charge is -2.20. The molecule has 19 heavy (non-hydrogen) atoms. The molecule has 2 rings (SSSR count). The molecule has 1 aliphatic rings. The van der Waals surface area contributed by atoms with Gasteiger partial charge in [0.2, 0.25) is 5.91 Å². The summed E-state index contributed by atoms with van der Waals surface area (Å²) in [5.41, 5.74) is 5.13. The van der Waals surface area contributed by atoms with Crippen LogP contribution in [0.3, 0.4) is 0 Å². The number of carbonyl (C=O) groups excluding carboxylic acids is 1. The highest BCUT2D eigenvalue weighted by molar-refractivity contribution is 5.98. The molecule has 1 saturated heterocycles. The normalized spacial score (nSPS) is 19.8. The molecule has 0 saturated carbocycles. The highest BCUT2D eigenvalue weighted by atomic mass is 19.4. The Morgan fingerprint density at radius 2 is 2.11 bits per heavy atom. The number of anilines is 2. The molecule has 0 aromatic heterocycles. The number of halogens is 3. The van der Waals surface area contributed by atoms with Crippen molar-refractivity contribution in [1.29, 1.82) is 0 Å². The van der Waals surface area contributed by atoms with Crippen molar-refractivity contribution >= 4 is 17.3 Å². The molecule has 2 N–H and O–H groups in total. The minimum Gasteiger partial charge on any atom is -0.397 e. The first-order chi connectivity index (χ1) is 8.82. The highest BCUT2D eigenvalue weighted by Gasteiger charge is 2.34. The van der Waals surface area contributed by atoms with Gasteiger partial charge in [-0.15, -0.1) is 6.58 Å². The standard InChI is InChI=1S/C13H13F3N2O/c1-2-8-5-12(19)18(7-8)11-6-9(13(14,15)16)3-4-10(11)17/h2-4,6,8H,1,5,7,17H2. The van der Waals surface area contributed by atoms with E-state index in [4.69, 9.17) is 5.73 Å². The van der Waals surface area contributed by atoms with Gasteiger partial charge in [0.1, 0.15) is 0 Å². The van der Waals surface area contributed by atoms with Gasteiger partial charge in [0, 0.05) is 18.9 Å². The van der Waals surface area contributed by atoms with E-state index in [0.717, 1.165) is 12.1 Å². The Morgan fingerprint density at radius 1 is 1.42 bits per heavy atom. The van der Waals surface area contributed by atoms with Gasteiger partial charge in [-0.25, -0.2) is 0 Å². The van der Waals surface area contributed by atoms with Crippen LogP contribution in [-0.2, 0) is 11.0 Å². The van der Waals surface area contributed by atoms with Gasteiger partial charge < -0.3 is 10.6 Å². The maximum Gasteiger partial charge on any atom is 0.416 e. The van der Waals surface area contributed by atoms with Gasteiger partial charge in [0.05, 0.1) is 16.9 Å². The van der Waals surface area contributed by atoms with E-state index in [1.165, 1.54) is 11.0 Å². The lowest BCUT2D eigenvalue weighted by Crippen LogP contribution is -2.25. The summed E-state index contributed by atoms with van der Waals surface area (Å²) in [6.45, 7) is 3.91. The van der Waals surface area contributed by atoms with Crippen LogP contribution in [0.5, 0.6) is 0 Å². The maximum atomic E-state index is 12.7. The summed E-state index contributed by atoms with van der Waals surface area (Å²) in [5.74, 6) is -0.294. The molecular weight excluding hydrogens is 257 g/mol. The number of benzene rings is 1. The zero-order valence-electron chi connectivity index (χ0n) is 10.1. The Balaban J connectivity index is 2.39. The van der Waals surface area contributed by atoms with Crippen molar-refractivity contribution in [3.05, 3.63) is 36.4 Å². The predicted molar refractivity (Wildman–Crippen MR) is 66.5 cm³/mol. The van der Waals surface area contributed by atoms with Crippen LogP contribution in [0.1, 0.15) is 12.0 Å². The van der Waals surface area contributed by atoms with Crippen molar-refractivity contribution in [2.45, 2.75) is 12.6 Å². The average molecular weight is 270 g/mol. The second-order valence-corrected chi connectivity index (χ2v) is 4.48. The summed E-state index contributed by atoms with van der Waals surface area (Å²) >= 11 is 0. The topological polar surface area (TPSA) is 46.3 Å². The number of amides is 1. The molecule has 102 valence electrons. The Kier molecular flexibility index (Phi) is 3.26. The van der Waals surface area contributed by atoms with Crippen molar-refractivity contribution in [2.75, 3.05) is 17.2 Å². The van der Waals surface area contributed by atoms with Crippen LogP contribution in [0.2, 0.25) is 0 Å². The summed E-state index contributed by atoms with van der Waals surface area (Å²) in [6, 6.07) is 3.00. The molecule has 1 aliphatic heterocycles. The van der Waals surface area contributed by atoms with Crippen molar-refractivity contribution in [1.82, 2.24) is 0 Å². The molecule has 0 aliphatic carbocycles. The maximum absolute atomic E-state index is 12.7. The fraction of sp³-hybridized carbons (Fsp3) is 0.308. The summed E-state index contributed by atoms with van der Waals surface area (Å²) < 4.78 is 38.0. The van der Waals surface area contributed by atoms with E-state index >= 15 is 0 Å². The second-order valence-electron chi connectivity index (χ2n) is 4.48. The lowest BCUT2D eigenvalue weighted by molar-refractivity contribution is -0.137. The number of carbonyl (C=O) groups is 1. The molecule has 1 atom stereocenters. The van der Waals surface area contributed by atoms with Crippen LogP contribution in [-0.4, -0.2) is 12.5 Å². The van der Waals surface area contributed by atoms with Gasteiger partial charge in [-0.05, 0) is 18.2 Å². The van der Waals surface area contributed by atoms with Crippen LogP contribution in [0.15, 0.2) is 30.9 Å². The Bertz CT molecular complexity index is 525. The number of alkyl halides is 3. The first-order valence-electron chi connectivity index (χ1n) is 5.72. The van der Waals surface area contributed by atoms with Gasteiger partial charge in [-0.1, -0.05) is 6.08 Å². The zero-order valence-corrected chi connectivity index (χ0v) is 10.1. The van der Waals surface area contributed by atoms with Gasteiger partial charge in [-0.3, -0.25) is 4.79 Å². The SMILES string of the molecule is C=CC1CC(=O)N(c2cc(C(F)(F)F)ccc2N)C1. The van der Waals surface area contributed by atoms with Crippen molar-refractivity contribution in [3.63, 3.8) is 0 Å². The molecular formula is C13H13F3N2O. The van der Waals surface area contributed by atoms with Crippen LogP contribution < -0.4 is 10.6 Å². The van der Waals surface area contributed by atoms with Gasteiger partial charge in [0.15, 0.2) is 0 Å². The van der Waals surface area contributed by atoms with E-state index in [1.54, 1.807) is 6.08 Å². The number of nitrogen functional groups attached to an aromatic ring is 1. The minimum atomic E-state index is -4.46. The molecule has 0 radical (unpaired) electrons. The molecule has 0 spiro atoms. The van der Waals surface area contributed by atoms with Crippen molar-refractivity contribution < 1.29 is 18.0 Å². The van der Waals surface area contributed by atoms with E-state index in [-0.39, 0.29) is 29.6 Å². The van der Waals surface area contributed by atoms with E-state index in [9.17, 15) is 18.0 Å². The summed E-state index contributed by atoms with van der Waals surface area (Å²) in [5, 5.41) is 0. The van der Waals surface area contributed by atoms with Crippen LogP contribution >= 0.6 is 0 Å². The number of hydrogen-bond donors (Lipinski definition) is 1. The average Bonchev–Trinajstić information content (AvgIpc) is 2.69. The molecule has 0 bridgehead atoms. The fourth-order valence-electron chi connectivity index (χ4n) is 2.08. The Morgan fingerprint density at radius 3 is 2.63 bits per heavy atom. The number of hydrogen-bond acceptors (Lipinski definition) is 2. The van der Waals surface area contributed by atoms with Gasteiger partial charge in [-0.2, -0.15) is 13.2 Å². The highest BCUT2D eigenvalue weighted by Crippen LogP contribution is 2.36. The molecule has 6 heteroatoms. The largest absolute Gasteiger partial charge is 0.416 e. The predicted octanol–water partition coefficient (Wildman–Crippen LogP) is 2.83. The summed E-state index contributed by atoms with van der Waals surface area (Å²) in [6.07, 6.45) is -2.58. The second kappa shape index (κ2) is 4.60. The number of rotatable bonds is 2. The minimum absolute atomic E-state index is 0.0542. The third kappa shape index (κ3) is 2.57. The van der Waals surface area contributed by atoms with E-state index < -0.39 is 11.7 Å². The third-order valence-corrected chi connectivity index (χ3v) is 3.14. The summed E-state index contributed by atoms with van der Waals surface area (Å²) in [4.78, 5) is 13.1. The first-order valence-corrected chi connectivity index (χ1v) is 5.72. The van der Waals surface area contributed by atoms with Crippen LogP contribution in [0.25, 0.3) is 0 Å². The van der Waals surface area contributed by atoms with Gasteiger partial charge >= 0.3 is 6.18 Å². The van der Waals surface area contributed by atoms with Gasteiger partial charge in [0.25, 0.3) is 0 Å². The molecule has 1 amide bonds. The molecule has 3 nitrogen and oxygen atoms in total. The number of nitrogens with zero attached hydrogens (tertiary/aromatic N) is 1.